The number of aryl methyl sites for hydroxylation is 1. The standard InChI is InChI=1S/C15H21ClN6O.HI/c1-17-15(21(2)9-14-19-10-20-22(14)3)18-8-11-5-6-12(16)7-13(11)23-4;/h5-7,10H,8-9H2,1-4H3,(H,17,18);1H. The van der Waals surface area contributed by atoms with Crippen LogP contribution in [0.4, 0.5) is 0 Å². The minimum atomic E-state index is 0. The molecule has 0 atom stereocenters. The number of hydrogen-bond acceptors (Lipinski definition) is 4. The second kappa shape index (κ2) is 9.67. The van der Waals surface area contributed by atoms with Crippen molar-refractivity contribution in [2.45, 2.75) is 13.1 Å². The highest BCUT2D eigenvalue weighted by Crippen LogP contribution is 2.22. The Balaban J connectivity index is 0.00000288. The topological polar surface area (TPSA) is 67.6 Å². The maximum atomic E-state index is 5.98. The maximum Gasteiger partial charge on any atom is 0.194 e. The Morgan fingerprint density at radius 2 is 2.21 bits per heavy atom. The van der Waals surface area contributed by atoms with Gasteiger partial charge in [0.15, 0.2) is 5.96 Å². The summed E-state index contributed by atoms with van der Waals surface area (Å²) in [4.78, 5) is 10.5. The Morgan fingerprint density at radius 3 is 2.79 bits per heavy atom. The zero-order chi connectivity index (χ0) is 16.8. The van der Waals surface area contributed by atoms with E-state index in [0.29, 0.717) is 18.1 Å². The number of hydrogen-bond donors (Lipinski definition) is 1. The molecule has 1 aromatic heterocycles. The predicted molar refractivity (Wildman–Crippen MR) is 106 cm³/mol. The van der Waals surface area contributed by atoms with Crippen LogP contribution in [0, 0.1) is 0 Å². The Kier molecular flexibility index (Phi) is 8.26. The number of halogens is 2. The zero-order valence-corrected chi connectivity index (χ0v) is 17.2. The summed E-state index contributed by atoms with van der Waals surface area (Å²) in [6.07, 6.45) is 1.54. The van der Waals surface area contributed by atoms with Gasteiger partial charge in [0, 0.05) is 38.3 Å². The fourth-order valence-corrected chi connectivity index (χ4v) is 2.34. The molecule has 7 nitrogen and oxygen atoms in total. The number of nitrogens with one attached hydrogen (secondary N) is 1. The highest BCUT2D eigenvalue weighted by molar-refractivity contribution is 14.0. The highest BCUT2D eigenvalue weighted by atomic mass is 127. The molecule has 1 aromatic carbocycles. The van der Waals surface area contributed by atoms with Crippen molar-refractivity contribution in [3.05, 3.63) is 40.9 Å². The van der Waals surface area contributed by atoms with E-state index in [1.165, 1.54) is 6.33 Å². The second-order valence-electron chi connectivity index (χ2n) is 5.01. The lowest BCUT2D eigenvalue weighted by molar-refractivity contribution is 0.407. The van der Waals surface area contributed by atoms with Crippen LogP contribution in [0.3, 0.4) is 0 Å². The maximum absolute atomic E-state index is 5.98. The molecule has 132 valence electrons. The zero-order valence-electron chi connectivity index (χ0n) is 14.2. The summed E-state index contributed by atoms with van der Waals surface area (Å²) in [7, 11) is 7.19. The third-order valence-electron chi connectivity index (χ3n) is 3.44. The first-order valence-corrected chi connectivity index (χ1v) is 7.50. The Morgan fingerprint density at radius 1 is 1.46 bits per heavy atom. The third-order valence-corrected chi connectivity index (χ3v) is 3.68. The van der Waals surface area contributed by atoms with Crippen molar-refractivity contribution in [2.24, 2.45) is 12.0 Å². The molecule has 0 spiro atoms. The van der Waals surface area contributed by atoms with E-state index < -0.39 is 0 Å². The van der Waals surface area contributed by atoms with Crippen molar-refractivity contribution in [3.63, 3.8) is 0 Å². The molecule has 0 bridgehead atoms. The first-order valence-electron chi connectivity index (χ1n) is 7.12. The lowest BCUT2D eigenvalue weighted by atomic mass is 10.2. The minimum Gasteiger partial charge on any atom is -0.496 e. The molecule has 9 heteroatoms. The van der Waals surface area contributed by atoms with E-state index in [1.807, 2.05) is 31.1 Å². The summed E-state index contributed by atoms with van der Waals surface area (Å²) in [5.41, 5.74) is 1.00. The number of guanidine groups is 1. The SMILES string of the molecule is CN=C(NCc1ccc(Cl)cc1OC)N(C)Cc1ncnn1C.I. The van der Waals surface area contributed by atoms with Crippen LogP contribution in [0.15, 0.2) is 29.5 Å². The van der Waals surface area contributed by atoms with Crippen molar-refractivity contribution >= 4 is 41.5 Å². The van der Waals surface area contributed by atoms with E-state index >= 15 is 0 Å². The van der Waals surface area contributed by atoms with Gasteiger partial charge in [0.1, 0.15) is 17.9 Å². The summed E-state index contributed by atoms with van der Waals surface area (Å²) < 4.78 is 7.10. The Bertz CT molecular complexity index is 690. The van der Waals surface area contributed by atoms with E-state index in [-0.39, 0.29) is 24.0 Å². The molecule has 0 amide bonds. The van der Waals surface area contributed by atoms with Crippen molar-refractivity contribution in [3.8, 4) is 5.75 Å². The molecular formula is C15H22ClIN6O. The summed E-state index contributed by atoms with van der Waals surface area (Å²) in [6.45, 7) is 1.18. The van der Waals surface area contributed by atoms with Gasteiger partial charge in [-0.3, -0.25) is 9.67 Å². The van der Waals surface area contributed by atoms with Gasteiger partial charge in [-0.1, -0.05) is 17.7 Å². The first-order chi connectivity index (χ1) is 11.0. The van der Waals surface area contributed by atoms with Gasteiger partial charge in [0.05, 0.1) is 13.7 Å². The van der Waals surface area contributed by atoms with Gasteiger partial charge in [0.25, 0.3) is 0 Å². The molecule has 0 aliphatic carbocycles. The van der Waals surface area contributed by atoms with Crippen LogP contribution in [0.5, 0.6) is 5.75 Å². The fraction of sp³-hybridized carbons (Fsp3) is 0.400. The Hall–Kier alpha value is -1.55. The Labute approximate surface area is 164 Å². The van der Waals surface area contributed by atoms with Crippen LogP contribution in [0.2, 0.25) is 5.02 Å². The number of ether oxygens (including phenoxy) is 1. The molecule has 0 aliphatic heterocycles. The smallest absolute Gasteiger partial charge is 0.194 e. The van der Waals surface area contributed by atoms with Gasteiger partial charge in [-0.15, -0.1) is 24.0 Å². The molecule has 0 radical (unpaired) electrons. The van der Waals surface area contributed by atoms with Gasteiger partial charge < -0.3 is 15.0 Å². The fourth-order valence-electron chi connectivity index (χ4n) is 2.17. The quantitative estimate of drug-likeness (QED) is 0.418. The van der Waals surface area contributed by atoms with Crippen LogP contribution >= 0.6 is 35.6 Å². The molecule has 24 heavy (non-hydrogen) atoms. The number of methoxy groups -OCH3 is 1. The van der Waals surface area contributed by atoms with Crippen molar-refractivity contribution in [1.82, 2.24) is 25.0 Å². The van der Waals surface area contributed by atoms with Gasteiger partial charge in [0.2, 0.25) is 0 Å². The number of nitrogens with zero attached hydrogens (tertiary/aromatic N) is 5. The molecule has 0 unspecified atom stereocenters. The largest absolute Gasteiger partial charge is 0.496 e. The van der Waals surface area contributed by atoms with Crippen molar-refractivity contribution < 1.29 is 4.74 Å². The van der Waals surface area contributed by atoms with E-state index in [0.717, 1.165) is 23.1 Å². The van der Waals surface area contributed by atoms with E-state index in [4.69, 9.17) is 16.3 Å². The molecule has 2 aromatic rings. The first kappa shape index (κ1) is 20.5. The lowest BCUT2D eigenvalue weighted by Crippen LogP contribution is -2.38. The summed E-state index contributed by atoms with van der Waals surface area (Å²) in [5, 5.41) is 8.02. The number of aromatic nitrogens is 3. The summed E-state index contributed by atoms with van der Waals surface area (Å²) in [5.74, 6) is 2.36. The lowest BCUT2D eigenvalue weighted by Gasteiger charge is -2.22. The molecule has 0 saturated carbocycles. The van der Waals surface area contributed by atoms with Crippen molar-refractivity contribution in [1.29, 1.82) is 0 Å². The molecule has 0 aliphatic rings. The van der Waals surface area contributed by atoms with Gasteiger partial charge in [-0.25, -0.2) is 4.98 Å². The average molecular weight is 465 g/mol. The monoisotopic (exact) mass is 464 g/mol. The van der Waals surface area contributed by atoms with Crippen LogP contribution in [-0.4, -0.2) is 46.8 Å². The average Bonchev–Trinajstić information content (AvgIpc) is 2.94. The van der Waals surface area contributed by atoms with E-state index in [1.54, 1.807) is 24.9 Å². The molecular weight excluding hydrogens is 443 g/mol. The minimum absolute atomic E-state index is 0. The second-order valence-corrected chi connectivity index (χ2v) is 5.45. The summed E-state index contributed by atoms with van der Waals surface area (Å²) in [6, 6.07) is 5.57. The van der Waals surface area contributed by atoms with E-state index in [2.05, 4.69) is 20.4 Å². The van der Waals surface area contributed by atoms with Gasteiger partial charge in [-0.05, 0) is 12.1 Å². The number of aliphatic imine (C=N–C) groups is 1. The van der Waals surface area contributed by atoms with Crippen LogP contribution in [-0.2, 0) is 20.1 Å². The van der Waals surface area contributed by atoms with Gasteiger partial charge >= 0.3 is 0 Å². The van der Waals surface area contributed by atoms with Gasteiger partial charge in [-0.2, -0.15) is 5.10 Å². The highest BCUT2D eigenvalue weighted by Gasteiger charge is 2.11. The molecule has 1 heterocycles. The molecule has 0 saturated heterocycles. The predicted octanol–water partition coefficient (Wildman–Crippen LogP) is 2.30. The number of rotatable bonds is 5. The van der Waals surface area contributed by atoms with Crippen molar-refractivity contribution in [2.75, 3.05) is 21.2 Å². The van der Waals surface area contributed by atoms with Crippen LogP contribution in [0.25, 0.3) is 0 Å². The molecule has 0 fully saturated rings. The molecule has 1 N–H and O–H groups in total. The summed E-state index contributed by atoms with van der Waals surface area (Å²) >= 11 is 5.98. The molecule has 2 rings (SSSR count). The normalized spacial score (nSPS) is 11.0. The third kappa shape index (κ3) is 5.23. The van der Waals surface area contributed by atoms with Crippen LogP contribution in [0.1, 0.15) is 11.4 Å². The van der Waals surface area contributed by atoms with Crippen LogP contribution < -0.4 is 10.1 Å². The number of benzene rings is 1. The van der Waals surface area contributed by atoms with E-state index in [9.17, 15) is 0 Å².